The number of fused-ring (bicyclic) bond motifs is 1. The van der Waals surface area contributed by atoms with Gasteiger partial charge in [0.2, 0.25) is 11.7 Å². The second-order valence-electron chi connectivity index (χ2n) is 10.2. The van der Waals surface area contributed by atoms with Crippen LogP contribution in [0.4, 0.5) is 0 Å². The van der Waals surface area contributed by atoms with Crippen LogP contribution in [-0.2, 0) is 14.2 Å². The quantitative estimate of drug-likeness (QED) is 0.179. The van der Waals surface area contributed by atoms with Gasteiger partial charge in [-0.3, -0.25) is 4.79 Å². The van der Waals surface area contributed by atoms with Crippen LogP contribution < -0.4 is 14.9 Å². The molecule has 3 heterocycles. The Morgan fingerprint density at radius 1 is 0.810 bits per heavy atom. The van der Waals surface area contributed by atoms with Gasteiger partial charge in [0.25, 0.3) is 0 Å². The van der Waals surface area contributed by atoms with Crippen LogP contribution in [0.25, 0.3) is 22.1 Å². The van der Waals surface area contributed by atoms with E-state index in [-0.39, 0.29) is 22.3 Å². The van der Waals surface area contributed by atoms with Crippen LogP contribution in [0.3, 0.4) is 0 Å². The van der Waals surface area contributed by atoms with E-state index in [0.717, 1.165) is 6.07 Å². The van der Waals surface area contributed by atoms with E-state index in [2.05, 4.69) is 0 Å². The van der Waals surface area contributed by atoms with Gasteiger partial charge in [-0.2, -0.15) is 0 Å². The third-order valence-corrected chi connectivity index (χ3v) is 7.39. The Morgan fingerprint density at radius 2 is 1.48 bits per heavy atom. The molecule has 0 amide bonds. The van der Waals surface area contributed by atoms with Crippen LogP contribution in [0.5, 0.6) is 17.2 Å². The number of benzene rings is 2. The van der Waals surface area contributed by atoms with Crippen molar-refractivity contribution in [1.82, 2.24) is 0 Å². The van der Waals surface area contributed by atoms with Crippen LogP contribution in [0.2, 0.25) is 0 Å². The third-order valence-electron chi connectivity index (χ3n) is 7.39. The molecular formula is C28H32O14. The van der Waals surface area contributed by atoms with E-state index in [1.165, 1.54) is 26.4 Å². The molecule has 14 heteroatoms. The second kappa shape index (κ2) is 12.1. The predicted molar refractivity (Wildman–Crippen MR) is 142 cm³/mol. The number of aliphatic hydroxyl groups excluding tert-OH is 6. The fraction of sp³-hybridized carbons (Fsp3) is 0.464. The van der Waals surface area contributed by atoms with Gasteiger partial charge in [0, 0.05) is 12.1 Å². The zero-order chi connectivity index (χ0) is 30.3. The topological polar surface area (TPSA) is 218 Å². The molecule has 42 heavy (non-hydrogen) atoms. The lowest BCUT2D eigenvalue weighted by Crippen LogP contribution is -2.61. The minimum absolute atomic E-state index is 0.0312. The number of hydrogen-bond acceptors (Lipinski definition) is 14. The largest absolute Gasteiger partial charge is 0.507 e. The van der Waals surface area contributed by atoms with Crippen molar-refractivity contribution in [3.8, 4) is 28.4 Å². The Kier molecular flexibility index (Phi) is 8.71. The van der Waals surface area contributed by atoms with E-state index < -0.39 is 79.2 Å². The SMILES string of the molecule is COc1ccc(-c2coc3cc(O[C@H]4O[C@@H](CO[C@@H]5O[C@H](C)[C@H](O)[C@H](O)[C@@H]5O)[C@H](O)[C@@H](O)[C@@H]4O)cc(O)c3c2=O)cc1. The number of rotatable bonds is 7. The summed E-state index contributed by atoms with van der Waals surface area (Å²) in [6.45, 7) is 0.987. The minimum Gasteiger partial charge on any atom is -0.507 e. The highest BCUT2D eigenvalue weighted by Crippen LogP contribution is 2.33. The summed E-state index contributed by atoms with van der Waals surface area (Å²) in [5.41, 5.74) is 0.200. The molecule has 7 N–H and O–H groups in total. The highest BCUT2D eigenvalue weighted by Gasteiger charge is 2.47. The van der Waals surface area contributed by atoms with Crippen molar-refractivity contribution in [2.75, 3.05) is 13.7 Å². The molecule has 14 nitrogen and oxygen atoms in total. The van der Waals surface area contributed by atoms with Gasteiger partial charge >= 0.3 is 0 Å². The number of methoxy groups -OCH3 is 1. The normalized spacial score (nSPS) is 33.4. The Hall–Kier alpha value is -3.31. The minimum atomic E-state index is -1.75. The molecule has 3 aromatic rings. The van der Waals surface area contributed by atoms with Crippen LogP contribution >= 0.6 is 0 Å². The lowest BCUT2D eigenvalue weighted by Gasteiger charge is -2.42. The van der Waals surface area contributed by atoms with Gasteiger partial charge in [0.05, 0.1) is 25.4 Å². The van der Waals surface area contributed by atoms with Crippen molar-refractivity contribution in [3.63, 3.8) is 0 Å². The lowest BCUT2D eigenvalue weighted by atomic mass is 9.98. The van der Waals surface area contributed by atoms with Gasteiger partial charge in [-0.1, -0.05) is 12.1 Å². The maximum Gasteiger partial charge on any atom is 0.229 e. The van der Waals surface area contributed by atoms with Gasteiger partial charge in [-0.15, -0.1) is 0 Å². The van der Waals surface area contributed by atoms with E-state index in [4.69, 9.17) is 28.1 Å². The molecule has 2 aliphatic heterocycles. The number of aliphatic hydroxyl groups is 6. The fourth-order valence-electron chi connectivity index (χ4n) is 4.87. The van der Waals surface area contributed by atoms with Crippen LogP contribution in [0.15, 0.2) is 51.9 Å². The molecule has 0 aliphatic carbocycles. The Morgan fingerprint density at radius 3 is 2.17 bits per heavy atom. The van der Waals surface area contributed by atoms with Crippen molar-refractivity contribution < 1.29 is 63.8 Å². The predicted octanol–water partition coefficient (Wildman–Crippen LogP) is -0.795. The highest BCUT2D eigenvalue weighted by molar-refractivity contribution is 5.88. The van der Waals surface area contributed by atoms with Crippen molar-refractivity contribution >= 4 is 11.0 Å². The molecule has 10 atom stereocenters. The summed E-state index contributed by atoms with van der Waals surface area (Å²) in [4.78, 5) is 13.2. The number of aromatic hydroxyl groups is 1. The fourth-order valence-corrected chi connectivity index (χ4v) is 4.87. The average molecular weight is 593 g/mol. The zero-order valence-corrected chi connectivity index (χ0v) is 22.5. The molecule has 0 spiro atoms. The van der Waals surface area contributed by atoms with Crippen molar-refractivity contribution in [1.29, 1.82) is 0 Å². The van der Waals surface area contributed by atoms with Gasteiger partial charge < -0.3 is 63.8 Å². The molecule has 0 radical (unpaired) electrons. The van der Waals surface area contributed by atoms with Gasteiger partial charge in [-0.05, 0) is 24.6 Å². The maximum absolute atomic E-state index is 13.2. The van der Waals surface area contributed by atoms with E-state index in [0.29, 0.717) is 11.3 Å². The Bertz CT molecular complexity index is 1440. The number of hydrogen-bond donors (Lipinski definition) is 7. The first-order chi connectivity index (χ1) is 20.0. The summed E-state index contributed by atoms with van der Waals surface area (Å²) in [5, 5.41) is 71.9. The first-order valence-corrected chi connectivity index (χ1v) is 13.1. The highest BCUT2D eigenvalue weighted by atomic mass is 16.7. The standard InChI is InChI=1S/C28H32O14/c1-11-20(30)23(33)25(35)27(40-11)39-10-18-22(32)24(34)26(36)28(42-18)41-14-7-16(29)19-17(8-14)38-9-15(21(19)31)12-3-5-13(37-2)6-4-12/h3-9,11,18,20,22-30,32-36H,10H2,1-2H3/t11-,18+,20+,22+,23+,24-,25+,26+,27-,28+/m1/s1. The van der Waals surface area contributed by atoms with Gasteiger partial charge in [-0.25, -0.2) is 0 Å². The van der Waals surface area contributed by atoms with Crippen molar-refractivity contribution in [2.45, 2.75) is 68.3 Å². The number of phenolic OH excluding ortho intramolecular Hbond substituents is 1. The second-order valence-corrected chi connectivity index (χ2v) is 10.2. The number of phenols is 1. The van der Waals surface area contributed by atoms with Crippen LogP contribution in [0.1, 0.15) is 6.92 Å². The van der Waals surface area contributed by atoms with E-state index in [1.54, 1.807) is 24.3 Å². The number of ether oxygens (including phenoxy) is 5. The molecular weight excluding hydrogens is 560 g/mol. The van der Waals surface area contributed by atoms with Gasteiger partial charge in [0.15, 0.2) is 6.29 Å². The average Bonchev–Trinajstić information content (AvgIpc) is 2.98. The van der Waals surface area contributed by atoms with Crippen molar-refractivity contribution in [2.24, 2.45) is 0 Å². The Balaban J connectivity index is 1.33. The molecule has 0 unspecified atom stereocenters. The molecule has 2 fully saturated rings. The molecule has 2 aliphatic rings. The molecule has 2 saturated heterocycles. The Labute approximate surface area is 238 Å². The summed E-state index contributed by atoms with van der Waals surface area (Å²) < 4.78 is 32.8. The van der Waals surface area contributed by atoms with Crippen LogP contribution in [0, 0.1) is 0 Å². The van der Waals surface area contributed by atoms with E-state index in [1.807, 2.05) is 0 Å². The zero-order valence-electron chi connectivity index (χ0n) is 22.5. The molecule has 5 rings (SSSR count). The maximum atomic E-state index is 13.2. The van der Waals surface area contributed by atoms with E-state index >= 15 is 0 Å². The van der Waals surface area contributed by atoms with Crippen molar-refractivity contribution in [3.05, 3.63) is 52.9 Å². The van der Waals surface area contributed by atoms with Gasteiger partial charge in [0.1, 0.15) is 77.2 Å². The third kappa shape index (κ3) is 5.68. The van der Waals surface area contributed by atoms with E-state index in [9.17, 15) is 40.5 Å². The monoisotopic (exact) mass is 592 g/mol. The molecule has 2 aromatic carbocycles. The summed E-state index contributed by atoms with van der Waals surface area (Å²) in [5.74, 6) is 0.0283. The summed E-state index contributed by atoms with van der Waals surface area (Å²) in [7, 11) is 1.52. The first-order valence-electron chi connectivity index (χ1n) is 13.1. The van der Waals surface area contributed by atoms with Crippen LogP contribution in [-0.4, -0.2) is 111 Å². The lowest BCUT2D eigenvalue weighted by molar-refractivity contribution is -0.318. The summed E-state index contributed by atoms with van der Waals surface area (Å²) in [6.07, 6.45) is -13.6. The smallest absolute Gasteiger partial charge is 0.229 e. The first kappa shape index (κ1) is 30.2. The molecule has 1 aromatic heterocycles. The molecule has 0 saturated carbocycles. The summed E-state index contributed by atoms with van der Waals surface area (Å²) in [6, 6.07) is 9.07. The molecule has 0 bridgehead atoms. The summed E-state index contributed by atoms with van der Waals surface area (Å²) >= 11 is 0. The molecule has 228 valence electrons.